The summed E-state index contributed by atoms with van der Waals surface area (Å²) >= 11 is 10.5. The highest BCUT2D eigenvalue weighted by molar-refractivity contribution is 6.42. The van der Waals surface area contributed by atoms with E-state index in [0.717, 1.165) is 6.92 Å². The Bertz CT molecular complexity index is 263. The molecule has 0 spiro atoms. The number of carboxylic acid groups (broad SMARTS) is 1. The van der Waals surface area contributed by atoms with Gasteiger partial charge < -0.3 is 5.11 Å². The molecule has 0 aromatic heterocycles. The highest BCUT2D eigenvalue weighted by Gasteiger charge is 2.87. The molecule has 0 bridgehead atoms. The van der Waals surface area contributed by atoms with E-state index in [1.54, 1.807) is 0 Å². The van der Waals surface area contributed by atoms with Gasteiger partial charge in [0.2, 0.25) is 0 Å². The third kappa shape index (κ3) is 1.13. The number of carboxylic acids is 1. The molecule has 7 heteroatoms. The van der Waals surface area contributed by atoms with Crippen molar-refractivity contribution in [3.05, 3.63) is 0 Å². The lowest BCUT2D eigenvalue weighted by Gasteiger charge is -2.14. The largest absolute Gasteiger partial charge is 0.481 e. The van der Waals surface area contributed by atoms with Gasteiger partial charge >= 0.3 is 12.1 Å². The molecule has 1 fully saturated rings. The zero-order valence-corrected chi connectivity index (χ0v) is 7.83. The summed E-state index contributed by atoms with van der Waals surface area (Å²) in [7, 11) is 0. The second-order valence-electron chi connectivity index (χ2n) is 3.06. The van der Waals surface area contributed by atoms with E-state index < -0.39 is 27.8 Å². The SMILES string of the molecule is CC1(Cl)C(C(=O)O)C1(Cl)C(F)(F)F. The minimum Gasteiger partial charge on any atom is -0.481 e. The quantitative estimate of drug-likeness (QED) is 0.710. The van der Waals surface area contributed by atoms with Gasteiger partial charge in [0.15, 0.2) is 4.87 Å². The van der Waals surface area contributed by atoms with E-state index in [1.165, 1.54) is 0 Å². The average molecular weight is 237 g/mol. The molecule has 3 unspecified atom stereocenters. The van der Waals surface area contributed by atoms with Crippen molar-refractivity contribution in [1.29, 1.82) is 0 Å². The zero-order valence-electron chi connectivity index (χ0n) is 6.32. The molecule has 0 aromatic carbocycles. The van der Waals surface area contributed by atoms with Gasteiger partial charge in [-0.05, 0) is 6.92 Å². The average Bonchev–Trinajstić information content (AvgIpc) is 2.26. The van der Waals surface area contributed by atoms with Crippen LogP contribution in [0.4, 0.5) is 13.2 Å². The molecule has 1 N–H and O–H groups in total. The molecule has 0 aromatic rings. The Morgan fingerprint density at radius 3 is 1.92 bits per heavy atom. The Morgan fingerprint density at radius 2 is 1.85 bits per heavy atom. The maximum absolute atomic E-state index is 12.3. The van der Waals surface area contributed by atoms with E-state index in [9.17, 15) is 18.0 Å². The summed E-state index contributed by atoms with van der Waals surface area (Å²) in [5.74, 6) is -3.42. The fraction of sp³-hybridized carbons (Fsp3) is 0.833. The smallest absolute Gasteiger partial charge is 0.410 e. The highest BCUT2D eigenvalue weighted by atomic mass is 35.5. The van der Waals surface area contributed by atoms with Crippen LogP contribution < -0.4 is 0 Å². The number of hydrogen-bond donors (Lipinski definition) is 1. The van der Waals surface area contributed by atoms with E-state index in [0.29, 0.717) is 0 Å². The Balaban J connectivity index is 3.04. The maximum Gasteiger partial charge on any atom is 0.410 e. The van der Waals surface area contributed by atoms with Gasteiger partial charge in [-0.2, -0.15) is 13.2 Å². The summed E-state index contributed by atoms with van der Waals surface area (Å²) in [6.07, 6.45) is -4.81. The van der Waals surface area contributed by atoms with Gasteiger partial charge in [0.1, 0.15) is 5.92 Å². The number of aliphatic carboxylic acids is 1. The van der Waals surface area contributed by atoms with Gasteiger partial charge in [0, 0.05) is 0 Å². The molecule has 2 nitrogen and oxygen atoms in total. The lowest BCUT2D eigenvalue weighted by atomic mass is 10.3. The van der Waals surface area contributed by atoms with Crippen LogP contribution in [0.15, 0.2) is 0 Å². The van der Waals surface area contributed by atoms with Gasteiger partial charge in [-0.3, -0.25) is 4.79 Å². The van der Waals surface area contributed by atoms with Crippen molar-refractivity contribution in [2.45, 2.75) is 22.8 Å². The molecule has 0 aliphatic heterocycles. The van der Waals surface area contributed by atoms with Gasteiger partial charge in [0.25, 0.3) is 0 Å². The number of halogens is 5. The van der Waals surface area contributed by atoms with E-state index >= 15 is 0 Å². The van der Waals surface area contributed by atoms with Crippen molar-refractivity contribution in [3.8, 4) is 0 Å². The summed E-state index contributed by atoms with van der Waals surface area (Å²) in [5.41, 5.74) is 0. The number of carbonyl (C=O) groups is 1. The van der Waals surface area contributed by atoms with Crippen LogP contribution in [-0.4, -0.2) is 27.0 Å². The van der Waals surface area contributed by atoms with E-state index in [4.69, 9.17) is 28.3 Å². The monoisotopic (exact) mass is 236 g/mol. The van der Waals surface area contributed by atoms with Crippen LogP contribution in [0.2, 0.25) is 0 Å². The molecule has 1 aliphatic carbocycles. The third-order valence-corrected chi connectivity index (χ3v) is 3.67. The number of hydrogen-bond acceptors (Lipinski definition) is 1. The normalized spacial score (nSPS) is 44.6. The van der Waals surface area contributed by atoms with Crippen molar-refractivity contribution >= 4 is 29.2 Å². The molecule has 1 rings (SSSR count). The zero-order chi connectivity index (χ0) is 10.7. The van der Waals surface area contributed by atoms with Crippen LogP contribution in [0, 0.1) is 5.92 Å². The van der Waals surface area contributed by atoms with Crippen LogP contribution in [-0.2, 0) is 4.79 Å². The molecule has 13 heavy (non-hydrogen) atoms. The first kappa shape index (κ1) is 10.9. The Kier molecular flexibility index (Phi) is 2.06. The van der Waals surface area contributed by atoms with E-state index in [2.05, 4.69) is 0 Å². The first-order chi connectivity index (χ1) is 5.57. The minimum atomic E-state index is -4.81. The first-order valence-electron chi connectivity index (χ1n) is 3.24. The van der Waals surface area contributed by atoms with Crippen LogP contribution in [0.5, 0.6) is 0 Å². The summed E-state index contributed by atoms with van der Waals surface area (Å²) in [4.78, 5) is 5.57. The highest BCUT2D eigenvalue weighted by Crippen LogP contribution is 2.70. The lowest BCUT2D eigenvalue weighted by molar-refractivity contribution is -0.153. The first-order valence-corrected chi connectivity index (χ1v) is 3.99. The van der Waals surface area contributed by atoms with E-state index in [-0.39, 0.29) is 0 Å². The summed E-state index contributed by atoms with van der Waals surface area (Å²) < 4.78 is 36.8. The molecular formula is C6H5Cl2F3O2. The fourth-order valence-corrected chi connectivity index (χ4v) is 2.23. The summed E-state index contributed by atoms with van der Waals surface area (Å²) in [6, 6.07) is 0. The van der Waals surface area contributed by atoms with Crippen LogP contribution in [0.3, 0.4) is 0 Å². The van der Waals surface area contributed by atoms with E-state index in [1.807, 2.05) is 0 Å². The predicted molar refractivity (Wildman–Crippen MR) is 40.0 cm³/mol. The van der Waals surface area contributed by atoms with Gasteiger partial charge in [-0.15, -0.1) is 23.2 Å². The molecule has 3 atom stereocenters. The number of alkyl halides is 5. The fourth-order valence-electron chi connectivity index (χ4n) is 1.38. The molecular weight excluding hydrogens is 232 g/mol. The lowest BCUT2D eigenvalue weighted by Crippen LogP contribution is -2.32. The Morgan fingerprint density at radius 1 is 1.46 bits per heavy atom. The minimum absolute atomic E-state index is 0.966. The molecule has 1 saturated carbocycles. The number of rotatable bonds is 1. The molecule has 0 radical (unpaired) electrons. The van der Waals surface area contributed by atoms with Crippen LogP contribution in [0.1, 0.15) is 6.92 Å². The van der Waals surface area contributed by atoms with Crippen LogP contribution in [0.25, 0.3) is 0 Å². The second kappa shape index (κ2) is 2.45. The van der Waals surface area contributed by atoms with Crippen molar-refractivity contribution in [2.24, 2.45) is 5.92 Å². The van der Waals surface area contributed by atoms with Crippen molar-refractivity contribution < 1.29 is 23.1 Å². The molecule has 1 aliphatic rings. The Labute approximate surface area is 81.6 Å². The molecule has 0 saturated heterocycles. The molecule has 0 amide bonds. The Hall–Kier alpha value is -0.160. The van der Waals surface area contributed by atoms with Gasteiger partial charge in [0.05, 0.1) is 4.87 Å². The third-order valence-electron chi connectivity index (χ3n) is 2.23. The van der Waals surface area contributed by atoms with Gasteiger partial charge in [-0.25, -0.2) is 0 Å². The van der Waals surface area contributed by atoms with Crippen molar-refractivity contribution in [2.75, 3.05) is 0 Å². The van der Waals surface area contributed by atoms with Crippen molar-refractivity contribution in [3.63, 3.8) is 0 Å². The van der Waals surface area contributed by atoms with Gasteiger partial charge in [-0.1, -0.05) is 0 Å². The molecule has 0 heterocycles. The molecule has 76 valence electrons. The standard InChI is InChI=1S/C6H5Cl2F3O2/c1-4(7)2(3(12)13)5(4,8)6(9,10)11/h2H,1H3,(H,12,13). The predicted octanol–water partition coefficient (Wildman–Crippen LogP) is 2.24. The summed E-state index contributed by atoms with van der Waals surface area (Å²) in [5, 5.41) is 8.42. The van der Waals surface area contributed by atoms with Crippen molar-refractivity contribution in [1.82, 2.24) is 0 Å². The van der Waals surface area contributed by atoms with Crippen LogP contribution >= 0.6 is 23.2 Å². The summed E-state index contributed by atoms with van der Waals surface area (Å²) in [6.45, 7) is 0.966. The second-order valence-corrected chi connectivity index (χ2v) is 4.44. The topological polar surface area (TPSA) is 37.3 Å². The maximum atomic E-state index is 12.3.